The molecule has 0 spiro atoms. The molecule has 0 saturated heterocycles. The van der Waals surface area contributed by atoms with E-state index in [9.17, 15) is 5.11 Å². The maximum atomic E-state index is 9.84. The van der Waals surface area contributed by atoms with E-state index in [4.69, 9.17) is 9.84 Å². The largest absolute Gasteiger partial charge is 0.507 e. The van der Waals surface area contributed by atoms with Crippen LogP contribution in [-0.2, 0) is 6.54 Å². The lowest BCUT2D eigenvalue weighted by Gasteiger charge is -2.05. The summed E-state index contributed by atoms with van der Waals surface area (Å²) < 4.78 is 5.20. The summed E-state index contributed by atoms with van der Waals surface area (Å²) in [7, 11) is 0. The Morgan fingerprint density at radius 3 is 2.85 bits per heavy atom. The smallest absolute Gasteiger partial charge is 0.128 e. The van der Waals surface area contributed by atoms with Crippen LogP contribution in [-0.4, -0.2) is 34.6 Å². The molecule has 2 rings (SSSR count). The number of aromatic nitrogens is 1. The number of aliphatic imine (C=N–C) groups is 1. The number of aliphatic hydroxyl groups is 1. The first-order valence-corrected chi connectivity index (χ1v) is 6.26. The highest BCUT2D eigenvalue weighted by atomic mass is 16.5. The maximum absolute atomic E-state index is 9.84. The van der Waals surface area contributed by atoms with E-state index in [1.165, 1.54) is 6.07 Å². The predicted molar refractivity (Wildman–Crippen MR) is 76.2 cm³/mol. The molecule has 1 heterocycles. The Bertz CT molecular complexity index is 571. The van der Waals surface area contributed by atoms with Crippen LogP contribution in [0.3, 0.4) is 0 Å². The Morgan fingerprint density at radius 1 is 1.25 bits per heavy atom. The van der Waals surface area contributed by atoms with E-state index in [-0.39, 0.29) is 19.0 Å². The van der Waals surface area contributed by atoms with Gasteiger partial charge in [-0.1, -0.05) is 6.07 Å². The van der Waals surface area contributed by atoms with Crippen LogP contribution in [0.2, 0.25) is 0 Å². The van der Waals surface area contributed by atoms with Crippen LogP contribution in [0.4, 0.5) is 0 Å². The molecule has 0 atom stereocenters. The van der Waals surface area contributed by atoms with Crippen LogP contribution in [0.15, 0.2) is 47.6 Å². The summed E-state index contributed by atoms with van der Waals surface area (Å²) in [6.07, 6.45) is 3.31. The average Bonchev–Trinajstić information content (AvgIpc) is 2.48. The molecule has 5 nitrogen and oxygen atoms in total. The molecule has 2 aromatic rings. The second-order valence-corrected chi connectivity index (χ2v) is 4.08. The second-order valence-electron chi connectivity index (χ2n) is 4.08. The number of hydrogen-bond acceptors (Lipinski definition) is 5. The highest BCUT2D eigenvalue weighted by molar-refractivity contribution is 5.83. The van der Waals surface area contributed by atoms with E-state index >= 15 is 0 Å². The van der Waals surface area contributed by atoms with Gasteiger partial charge in [-0.05, 0) is 24.3 Å². The van der Waals surface area contributed by atoms with Gasteiger partial charge >= 0.3 is 0 Å². The fraction of sp³-hybridized carbons (Fsp3) is 0.200. The molecule has 0 saturated carbocycles. The molecule has 0 aliphatic rings. The number of rotatable bonds is 6. The third kappa shape index (κ3) is 4.07. The lowest BCUT2D eigenvalue weighted by atomic mass is 10.2. The minimum Gasteiger partial charge on any atom is -0.507 e. The molecule has 0 aliphatic carbocycles. The van der Waals surface area contributed by atoms with Gasteiger partial charge in [0.15, 0.2) is 0 Å². The molecule has 5 heteroatoms. The summed E-state index contributed by atoms with van der Waals surface area (Å²) in [6.45, 7) is 0.601. The molecule has 1 aromatic carbocycles. The second kappa shape index (κ2) is 7.25. The molecule has 0 bridgehead atoms. The van der Waals surface area contributed by atoms with Gasteiger partial charge in [0.05, 0.1) is 18.8 Å². The number of ether oxygens (including phenoxy) is 1. The molecule has 0 amide bonds. The van der Waals surface area contributed by atoms with Crippen molar-refractivity contribution in [2.75, 3.05) is 13.2 Å². The van der Waals surface area contributed by atoms with E-state index < -0.39 is 0 Å². The van der Waals surface area contributed by atoms with E-state index in [2.05, 4.69) is 9.98 Å². The molecule has 0 radical (unpaired) electrons. The van der Waals surface area contributed by atoms with Crippen molar-refractivity contribution >= 4 is 6.21 Å². The van der Waals surface area contributed by atoms with E-state index in [0.717, 1.165) is 5.69 Å². The molecule has 104 valence electrons. The van der Waals surface area contributed by atoms with Gasteiger partial charge < -0.3 is 14.9 Å². The van der Waals surface area contributed by atoms with Crippen LogP contribution < -0.4 is 4.74 Å². The van der Waals surface area contributed by atoms with Gasteiger partial charge in [0.1, 0.15) is 18.1 Å². The number of phenols is 1. The van der Waals surface area contributed by atoms with Gasteiger partial charge in [-0.3, -0.25) is 9.98 Å². The maximum Gasteiger partial charge on any atom is 0.128 e. The van der Waals surface area contributed by atoms with Crippen molar-refractivity contribution < 1.29 is 14.9 Å². The third-order valence-electron chi connectivity index (χ3n) is 2.57. The first kappa shape index (κ1) is 14.0. The average molecular weight is 272 g/mol. The first-order chi connectivity index (χ1) is 9.79. The standard InChI is InChI=1S/C15H16N2O3/c18-7-8-20-14-5-4-12(15(19)9-14)10-16-11-13-3-1-2-6-17-13/h1-6,9-10,18-19H,7-8,11H2. The van der Waals surface area contributed by atoms with Crippen molar-refractivity contribution in [3.63, 3.8) is 0 Å². The molecule has 20 heavy (non-hydrogen) atoms. The number of hydrogen-bond donors (Lipinski definition) is 2. The van der Waals surface area contributed by atoms with Gasteiger partial charge in [0.25, 0.3) is 0 Å². The number of nitrogens with zero attached hydrogens (tertiary/aromatic N) is 2. The summed E-state index contributed by atoms with van der Waals surface area (Å²) >= 11 is 0. The van der Waals surface area contributed by atoms with Gasteiger partial charge in [-0.2, -0.15) is 0 Å². The van der Waals surface area contributed by atoms with Gasteiger partial charge in [0, 0.05) is 24.0 Å². The lowest BCUT2D eigenvalue weighted by molar-refractivity contribution is 0.201. The Kier molecular flexibility index (Phi) is 5.08. The zero-order chi connectivity index (χ0) is 14.2. The van der Waals surface area contributed by atoms with E-state index in [1.54, 1.807) is 24.5 Å². The fourth-order valence-electron chi connectivity index (χ4n) is 1.62. The monoisotopic (exact) mass is 272 g/mol. The molecule has 0 aliphatic heterocycles. The predicted octanol–water partition coefficient (Wildman–Crippen LogP) is 1.78. The summed E-state index contributed by atoms with van der Waals surface area (Å²) in [6, 6.07) is 10.6. The molecular formula is C15H16N2O3. The molecule has 1 aromatic heterocycles. The number of phenolic OH excluding ortho intramolecular Hbond substituents is 1. The molecular weight excluding hydrogens is 256 g/mol. The number of pyridine rings is 1. The van der Waals surface area contributed by atoms with Crippen molar-refractivity contribution in [3.8, 4) is 11.5 Å². The van der Waals surface area contributed by atoms with Crippen LogP contribution in [0.5, 0.6) is 11.5 Å². The Balaban J connectivity index is 1.99. The molecule has 2 N–H and O–H groups in total. The summed E-state index contributed by atoms with van der Waals surface area (Å²) in [5, 5.41) is 18.5. The van der Waals surface area contributed by atoms with E-state index in [1.807, 2.05) is 18.2 Å². The summed E-state index contributed by atoms with van der Waals surface area (Å²) in [5.74, 6) is 0.601. The topological polar surface area (TPSA) is 74.9 Å². The van der Waals surface area contributed by atoms with Crippen molar-refractivity contribution in [2.45, 2.75) is 6.54 Å². The number of aliphatic hydroxyl groups excluding tert-OH is 1. The summed E-state index contributed by atoms with van der Waals surface area (Å²) in [4.78, 5) is 8.40. The normalized spacial score (nSPS) is 10.8. The van der Waals surface area contributed by atoms with Crippen LogP contribution in [0, 0.1) is 0 Å². The molecule has 0 unspecified atom stereocenters. The zero-order valence-electron chi connectivity index (χ0n) is 10.9. The highest BCUT2D eigenvalue weighted by Crippen LogP contribution is 2.22. The quantitative estimate of drug-likeness (QED) is 0.786. The highest BCUT2D eigenvalue weighted by Gasteiger charge is 2.01. The van der Waals surface area contributed by atoms with Crippen LogP contribution in [0.1, 0.15) is 11.3 Å². The lowest BCUT2D eigenvalue weighted by Crippen LogP contribution is -2.01. The van der Waals surface area contributed by atoms with Crippen molar-refractivity contribution in [1.82, 2.24) is 4.98 Å². The minimum absolute atomic E-state index is 0.0615. The van der Waals surface area contributed by atoms with E-state index in [0.29, 0.717) is 17.9 Å². The van der Waals surface area contributed by atoms with Crippen LogP contribution >= 0.6 is 0 Å². The van der Waals surface area contributed by atoms with Gasteiger partial charge in [-0.25, -0.2) is 0 Å². The molecule has 0 fully saturated rings. The minimum atomic E-state index is -0.0615. The van der Waals surface area contributed by atoms with Crippen molar-refractivity contribution in [3.05, 3.63) is 53.9 Å². The third-order valence-corrected chi connectivity index (χ3v) is 2.57. The van der Waals surface area contributed by atoms with Crippen LogP contribution in [0.25, 0.3) is 0 Å². The Labute approximate surface area is 117 Å². The SMILES string of the molecule is OCCOc1ccc(C=NCc2ccccn2)c(O)c1. The van der Waals surface area contributed by atoms with Gasteiger partial charge in [0.2, 0.25) is 0 Å². The van der Waals surface area contributed by atoms with Crippen molar-refractivity contribution in [2.24, 2.45) is 4.99 Å². The van der Waals surface area contributed by atoms with Crippen molar-refractivity contribution in [1.29, 1.82) is 0 Å². The Hall–Kier alpha value is -2.40. The zero-order valence-corrected chi connectivity index (χ0v) is 10.9. The first-order valence-electron chi connectivity index (χ1n) is 6.26. The van der Waals surface area contributed by atoms with Gasteiger partial charge in [-0.15, -0.1) is 0 Å². The fourth-order valence-corrected chi connectivity index (χ4v) is 1.62. The number of aromatic hydroxyl groups is 1. The summed E-state index contributed by atoms with van der Waals surface area (Å²) in [5.41, 5.74) is 1.48. The Morgan fingerprint density at radius 2 is 2.15 bits per heavy atom. The number of benzene rings is 1.